The van der Waals surface area contributed by atoms with Crippen LogP contribution in [0.15, 0.2) is 60.8 Å². The lowest BCUT2D eigenvalue weighted by atomic mass is 9.70. The summed E-state index contributed by atoms with van der Waals surface area (Å²) in [6, 6.07) is 16.6. The van der Waals surface area contributed by atoms with Crippen LogP contribution in [-0.4, -0.2) is 46.7 Å². The van der Waals surface area contributed by atoms with Gasteiger partial charge in [0.1, 0.15) is 24.2 Å². The number of fused-ring (bicyclic) bond motifs is 2. The zero-order valence-corrected chi connectivity index (χ0v) is 23.6. The summed E-state index contributed by atoms with van der Waals surface area (Å²) < 4.78 is 11.9. The lowest BCUT2D eigenvalue weighted by Gasteiger charge is -2.32. The van der Waals surface area contributed by atoms with E-state index >= 15 is 0 Å². The van der Waals surface area contributed by atoms with Crippen LogP contribution in [0.5, 0.6) is 17.4 Å². The van der Waals surface area contributed by atoms with Gasteiger partial charge in [0.15, 0.2) is 0 Å². The SMILES string of the molecule is CC(C)(Cc1ccc(Oc2ccc(C(N)=O)cn2)cc1)NC[C@H](O)COc1cccc2c1C1(CCCCC1)C(=O)N2. The molecule has 216 valence electrons. The van der Waals surface area contributed by atoms with Gasteiger partial charge in [-0.05, 0) is 69.0 Å². The Bertz CT molecular complexity index is 1380. The summed E-state index contributed by atoms with van der Waals surface area (Å²) in [6.45, 7) is 4.66. The lowest BCUT2D eigenvalue weighted by molar-refractivity contribution is -0.122. The number of carbonyl (C=O) groups is 2. The molecule has 1 spiro atoms. The molecule has 2 heterocycles. The first kappa shape index (κ1) is 28.6. The number of primary amides is 1. The Morgan fingerprint density at radius 2 is 1.88 bits per heavy atom. The van der Waals surface area contributed by atoms with Gasteiger partial charge in [0, 0.05) is 35.6 Å². The number of aliphatic hydroxyl groups is 1. The van der Waals surface area contributed by atoms with Crippen LogP contribution in [0, 0.1) is 0 Å². The first-order valence-electron chi connectivity index (χ1n) is 14.2. The van der Waals surface area contributed by atoms with Crippen LogP contribution in [0.2, 0.25) is 0 Å². The number of hydrogen-bond acceptors (Lipinski definition) is 7. The average molecular weight is 559 g/mol. The molecule has 2 aromatic carbocycles. The van der Waals surface area contributed by atoms with E-state index in [0.29, 0.717) is 29.5 Å². The summed E-state index contributed by atoms with van der Waals surface area (Å²) in [5, 5.41) is 17.3. The quantitative estimate of drug-likeness (QED) is 0.273. The molecule has 5 rings (SSSR count). The van der Waals surface area contributed by atoms with Crippen molar-refractivity contribution in [2.45, 2.75) is 69.4 Å². The Balaban J connectivity index is 1.12. The molecule has 9 nitrogen and oxygen atoms in total. The maximum atomic E-state index is 12.9. The second-order valence-electron chi connectivity index (χ2n) is 11.7. The lowest BCUT2D eigenvalue weighted by Crippen LogP contribution is -2.46. The van der Waals surface area contributed by atoms with Crippen molar-refractivity contribution in [3.63, 3.8) is 0 Å². The fourth-order valence-corrected chi connectivity index (χ4v) is 5.83. The van der Waals surface area contributed by atoms with Crippen LogP contribution in [0.3, 0.4) is 0 Å². The summed E-state index contributed by atoms with van der Waals surface area (Å²) in [4.78, 5) is 28.3. The summed E-state index contributed by atoms with van der Waals surface area (Å²) in [5.41, 5.74) is 7.66. The van der Waals surface area contributed by atoms with Crippen molar-refractivity contribution < 1.29 is 24.2 Å². The van der Waals surface area contributed by atoms with Crippen LogP contribution in [0.4, 0.5) is 5.69 Å². The number of nitrogens with zero attached hydrogens (tertiary/aromatic N) is 1. The van der Waals surface area contributed by atoms with E-state index < -0.39 is 17.4 Å². The number of aromatic nitrogens is 1. The van der Waals surface area contributed by atoms with E-state index in [1.807, 2.05) is 42.5 Å². The maximum Gasteiger partial charge on any atom is 0.250 e. The molecule has 1 fully saturated rings. The van der Waals surface area contributed by atoms with Gasteiger partial charge in [-0.1, -0.05) is 37.5 Å². The molecule has 0 unspecified atom stereocenters. The van der Waals surface area contributed by atoms with E-state index in [9.17, 15) is 14.7 Å². The molecular weight excluding hydrogens is 520 g/mol. The van der Waals surface area contributed by atoms with E-state index in [-0.39, 0.29) is 18.1 Å². The van der Waals surface area contributed by atoms with Gasteiger partial charge in [-0.2, -0.15) is 0 Å². The van der Waals surface area contributed by atoms with Crippen molar-refractivity contribution in [3.05, 3.63) is 77.5 Å². The third kappa shape index (κ3) is 6.52. The van der Waals surface area contributed by atoms with Gasteiger partial charge in [-0.3, -0.25) is 9.59 Å². The van der Waals surface area contributed by atoms with Crippen molar-refractivity contribution in [2.24, 2.45) is 5.73 Å². The molecule has 3 aromatic rings. The molecule has 1 aliphatic heterocycles. The summed E-state index contributed by atoms with van der Waals surface area (Å²) in [7, 11) is 0. The van der Waals surface area contributed by atoms with E-state index in [1.165, 1.54) is 6.20 Å². The number of ether oxygens (including phenoxy) is 2. The van der Waals surface area contributed by atoms with Crippen LogP contribution in [0.25, 0.3) is 0 Å². The Hall–Kier alpha value is -3.95. The molecule has 1 aliphatic carbocycles. The van der Waals surface area contributed by atoms with Crippen molar-refractivity contribution in [2.75, 3.05) is 18.5 Å². The zero-order valence-electron chi connectivity index (χ0n) is 23.6. The predicted molar refractivity (Wildman–Crippen MR) is 156 cm³/mol. The van der Waals surface area contributed by atoms with Crippen molar-refractivity contribution >= 4 is 17.5 Å². The van der Waals surface area contributed by atoms with Gasteiger partial charge in [-0.25, -0.2) is 4.98 Å². The minimum Gasteiger partial charge on any atom is -0.490 e. The normalized spacial score (nSPS) is 16.6. The van der Waals surface area contributed by atoms with E-state index in [2.05, 4.69) is 29.5 Å². The number of rotatable bonds is 11. The topological polar surface area (TPSA) is 136 Å². The highest BCUT2D eigenvalue weighted by atomic mass is 16.5. The summed E-state index contributed by atoms with van der Waals surface area (Å²) >= 11 is 0. The van der Waals surface area contributed by atoms with Crippen molar-refractivity contribution in [1.82, 2.24) is 10.3 Å². The predicted octanol–water partition coefficient (Wildman–Crippen LogP) is 4.48. The number of amides is 2. The van der Waals surface area contributed by atoms with Gasteiger partial charge in [0.2, 0.25) is 17.7 Å². The Kier molecular flexibility index (Phi) is 8.28. The number of anilines is 1. The van der Waals surface area contributed by atoms with Crippen LogP contribution in [-0.2, 0) is 16.6 Å². The Labute approximate surface area is 240 Å². The minimum atomic E-state index is -0.721. The van der Waals surface area contributed by atoms with Crippen molar-refractivity contribution in [3.8, 4) is 17.4 Å². The van der Waals surface area contributed by atoms with Crippen LogP contribution in [0.1, 0.15) is 67.4 Å². The molecule has 5 N–H and O–H groups in total. The van der Waals surface area contributed by atoms with E-state index in [1.54, 1.807) is 12.1 Å². The first-order chi connectivity index (χ1) is 19.6. The molecule has 0 saturated heterocycles. The molecule has 41 heavy (non-hydrogen) atoms. The average Bonchev–Trinajstić information content (AvgIpc) is 3.23. The Morgan fingerprint density at radius 1 is 1.12 bits per heavy atom. The number of β-amino-alcohol motifs (C(OH)–C–C–N with tert-alkyl or cyclic N) is 1. The van der Waals surface area contributed by atoms with Gasteiger partial charge in [0.05, 0.1) is 11.0 Å². The monoisotopic (exact) mass is 558 g/mol. The van der Waals surface area contributed by atoms with E-state index in [0.717, 1.165) is 55.3 Å². The largest absolute Gasteiger partial charge is 0.490 e. The molecule has 0 radical (unpaired) electrons. The number of carbonyl (C=O) groups excluding carboxylic acids is 2. The smallest absolute Gasteiger partial charge is 0.250 e. The van der Waals surface area contributed by atoms with Gasteiger partial charge >= 0.3 is 0 Å². The standard InChI is InChI=1S/C32H38N4O5/c1-31(2,17-21-9-12-24(13-10-21)41-27-14-11-22(18-34-27)29(33)38)35-19-23(37)20-40-26-8-6-7-25-28(26)32(30(39)36-25)15-4-3-5-16-32/h6-14,18,23,35,37H,3-5,15-17,19-20H2,1-2H3,(H2,33,38)(H,36,39)/t23-/m0/s1. The maximum absolute atomic E-state index is 12.9. The molecule has 1 aromatic heterocycles. The fourth-order valence-electron chi connectivity index (χ4n) is 5.83. The molecule has 1 saturated carbocycles. The number of pyridine rings is 1. The highest BCUT2D eigenvalue weighted by Crippen LogP contribution is 2.51. The third-order valence-corrected chi connectivity index (χ3v) is 7.95. The molecule has 2 amide bonds. The number of nitrogens with one attached hydrogen (secondary N) is 2. The van der Waals surface area contributed by atoms with E-state index in [4.69, 9.17) is 15.2 Å². The summed E-state index contributed by atoms with van der Waals surface area (Å²) in [5.74, 6) is 1.22. The van der Waals surface area contributed by atoms with Crippen molar-refractivity contribution in [1.29, 1.82) is 0 Å². The molecule has 2 aliphatic rings. The highest BCUT2D eigenvalue weighted by molar-refractivity contribution is 6.07. The number of aliphatic hydroxyl groups excluding tert-OH is 1. The summed E-state index contributed by atoms with van der Waals surface area (Å²) in [6.07, 6.45) is 6.27. The second-order valence-corrected chi connectivity index (χ2v) is 11.7. The number of nitrogens with two attached hydrogens (primary N) is 1. The van der Waals surface area contributed by atoms with Gasteiger partial charge < -0.3 is 30.9 Å². The van der Waals surface area contributed by atoms with Crippen LogP contribution < -0.4 is 25.8 Å². The molecule has 0 bridgehead atoms. The number of benzene rings is 2. The first-order valence-corrected chi connectivity index (χ1v) is 14.2. The zero-order chi connectivity index (χ0) is 29.0. The molecule has 1 atom stereocenters. The van der Waals surface area contributed by atoms with Gasteiger partial charge in [0.25, 0.3) is 0 Å². The molecule has 9 heteroatoms. The highest BCUT2D eigenvalue weighted by Gasteiger charge is 2.49. The Morgan fingerprint density at radius 3 is 2.56 bits per heavy atom. The second kappa shape index (κ2) is 11.9. The number of hydrogen-bond donors (Lipinski definition) is 4. The third-order valence-electron chi connectivity index (χ3n) is 7.95. The molecular formula is C32H38N4O5. The minimum absolute atomic E-state index is 0.0716. The van der Waals surface area contributed by atoms with Gasteiger partial charge in [-0.15, -0.1) is 0 Å². The fraction of sp³-hybridized carbons (Fsp3) is 0.406. The van der Waals surface area contributed by atoms with Crippen LogP contribution >= 0.6 is 0 Å².